The van der Waals surface area contributed by atoms with Gasteiger partial charge in [-0.15, -0.1) is 0 Å². The molecule has 2 aromatic carbocycles. The van der Waals surface area contributed by atoms with E-state index in [2.05, 4.69) is 27.7 Å². The number of quaternary nitrogens is 1. The van der Waals surface area contributed by atoms with Crippen molar-refractivity contribution in [2.24, 2.45) is 11.8 Å². The van der Waals surface area contributed by atoms with Crippen LogP contribution in [0, 0.1) is 11.8 Å². The molecule has 0 spiro atoms. The number of benzene rings is 2. The van der Waals surface area contributed by atoms with Gasteiger partial charge >= 0.3 is 11.3 Å². The first-order valence-corrected chi connectivity index (χ1v) is 11.4. The summed E-state index contributed by atoms with van der Waals surface area (Å²) in [4.78, 5) is 26.6. The first kappa shape index (κ1) is 22.8. The molecule has 2 heterocycles. The van der Waals surface area contributed by atoms with Crippen molar-refractivity contribution in [3.63, 3.8) is 0 Å². The van der Waals surface area contributed by atoms with E-state index in [0.29, 0.717) is 40.5 Å². The standard InChI is InChI=1S/C27H29NO5/c1-16(2)13-28(14-17(3)4)15-22-23(29)10-9-19-20(12-25(30)33-26(19)22)21-11-18-7-5-6-8-24(18)32-27(21)31/h5-12,16-17,29H,13-15H2,1-4H3. The minimum atomic E-state index is -0.605. The highest BCUT2D eigenvalue weighted by molar-refractivity contribution is 5.96. The number of hydrogen-bond donors (Lipinski definition) is 1. The Morgan fingerprint density at radius 2 is 1.58 bits per heavy atom. The van der Waals surface area contributed by atoms with E-state index >= 15 is 0 Å². The van der Waals surface area contributed by atoms with Gasteiger partial charge in [-0.3, -0.25) is 0 Å². The van der Waals surface area contributed by atoms with E-state index in [0.717, 1.165) is 18.5 Å². The molecule has 0 saturated heterocycles. The summed E-state index contributed by atoms with van der Waals surface area (Å²) in [5.41, 5.74) is 0.727. The summed E-state index contributed by atoms with van der Waals surface area (Å²) in [5, 5.41) is 14.2. The van der Waals surface area contributed by atoms with Gasteiger partial charge < -0.3 is 18.8 Å². The van der Waals surface area contributed by atoms with Gasteiger partial charge in [-0.25, -0.2) is 9.59 Å². The van der Waals surface area contributed by atoms with E-state index in [1.165, 1.54) is 17.0 Å². The lowest BCUT2D eigenvalue weighted by atomic mass is 9.99. The Labute approximate surface area is 192 Å². The second kappa shape index (κ2) is 9.24. The van der Waals surface area contributed by atoms with Crippen LogP contribution in [-0.2, 0) is 6.54 Å². The number of nitrogens with one attached hydrogen (secondary N) is 1. The third kappa shape index (κ3) is 4.86. The van der Waals surface area contributed by atoms with Crippen LogP contribution < -0.4 is 21.3 Å². The van der Waals surface area contributed by atoms with Crippen LogP contribution in [0.2, 0.25) is 0 Å². The molecule has 6 heteroatoms. The number of rotatable bonds is 7. The molecule has 4 rings (SSSR count). The average molecular weight is 448 g/mol. The molecule has 0 bridgehead atoms. The van der Waals surface area contributed by atoms with E-state index in [-0.39, 0.29) is 16.9 Å². The summed E-state index contributed by atoms with van der Waals surface area (Å²) < 4.78 is 11.1. The second-order valence-corrected chi connectivity index (χ2v) is 9.51. The molecular formula is C27H29NO5. The van der Waals surface area contributed by atoms with E-state index in [4.69, 9.17) is 8.83 Å². The second-order valence-electron chi connectivity index (χ2n) is 9.51. The Hall–Kier alpha value is -3.38. The molecule has 4 aromatic rings. The van der Waals surface area contributed by atoms with Gasteiger partial charge in [-0.2, -0.15) is 0 Å². The maximum atomic E-state index is 12.9. The summed E-state index contributed by atoms with van der Waals surface area (Å²) in [7, 11) is 0. The molecule has 0 amide bonds. The molecule has 0 atom stereocenters. The molecular weight excluding hydrogens is 418 g/mol. The Kier molecular flexibility index (Phi) is 6.38. The van der Waals surface area contributed by atoms with Gasteiger partial charge in [0.25, 0.3) is 0 Å². The number of para-hydroxylation sites is 1. The maximum Gasteiger partial charge on any atom is 0.344 e. The van der Waals surface area contributed by atoms with Gasteiger partial charge in [-0.1, -0.05) is 63.8 Å². The fourth-order valence-corrected chi connectivity index (χ4v) is 4.54. The van der Waals surface area contributed by atoms with Crippen molar-refractivity contribution in [1.82, 2.24) is 0 Å². The number of hydrogen-bond acceptors (Lipinski definition) is 5. The van der Waals surface area contributed by atoms with Crippen LogP contribution in [-0.4, -0.2) is 13.1 Å². The highest BCUT2D eigenvalue weighted by Crippen LogP contribution is 2.31. The Morgan fingerprint density at radius 3 is 2.27 bits per heavy atom. The van der Waals surface area contributed by atoms with Crippen molar-refractivity contribution in [1.29, 1.82) is 0 Å². The van der Waals surface area contributed by atoms with Crippen LogP contribution in [0.3, 0.4) is 0 Å². The fraction of sp³-hybridized carbons (Fsp3) is 0.333. The van der Waals surface area contributed by atoms with Gasteiger partial charge in [0.2, 0.25) is 0 Å². The molecule has 0 aliphatic carbocycles. The van der Waals surface area contributed by atoms with Crippen LogP contribution >= 0.6 is 0 Å². The zero-order valence-corrected chi connectivity index (χ0v) is 19.4. The van der Waals surface area contributed by atoms with E-state index < -0.39 is 11.3 Å². The Balaban J connectivity index is 1.91. The SMILES string of the molecule is CC(C)C[NH+](Cc1c([O-])ccc2c(-c3cc4ccccc4oc3=O)cc(=O)oc12)CC(C)C. The molecule has 0 saturated carbocycles. The Morgan fingerprint density at radius 1 is 0.879 bits per heavy atom. The van der Waals surface area contributed by atoms with E-state index in [1.807, 2.05) is 12.1 Å². The largest absolute Gasteiger partial charge is 0.872 e. The molecule has 0 aliphatic heterocycles. The molecule has 6 nitrogen and oxygen atoms in total. The molecule has 33 heavy (non-hydrogen) atoms. The monoisotopic (exact) mass is 447 g/mol. The molecule has 0 unspecified atom stereocenters. The van der Waals surface area contributed by atoms with Crippen molar-refractivity contribution in [2.75, 3.05) is 13.1 Å². The molecule has 2 aromatic heterocycles. The molecule has 1 N–H and O–H groups in total. The van der Waals surface area contributed by atoms with Gasteiger partial charge in [0.1, 0.15) is 17.7 Å². The highest BCUT2D eigenvalue weighted by atomic mass is 16.4. The van der Waals surface area contributed by atoms with Crippen LogP contribution in [0.1, 0.15) is 33.3 Å². The minimum absolute atomic E-state index is 0.168. The van der Waals surface area contributed by atoms with Gasteiger partial charge in [-0.05, 0) is 12.1 Å². The summed E-state index contributed by atoms with van der Waals surface area (Å²) >= 11 is 0. The normalized spacial score (nSPS) is 12.0. The topological polar surface area (TPSA) is 87.9 Å². The zero-order chi connectivity index (χ0) is 23.7. The van der Waals surface area contributed by atoms with Crippen molar-refractivity contribution in [3.8, 4) is 16.9 Å². The quantitative estimate of drug-likeness (QED) is 0.439. The van der Waals surface area contributed by atoms with Crippen LogP contribution in [0.25, 0.3) is 33.1 Å². The van der Waals surface area contributed by atoms with E-state index in [1.54, 1.807) is 24.3 Å². The van der Waals surface area contributed by atoms with Gasteiger partial charge in [0, 0.05) is 39.8 Å². The van der Waals surface area contributed by atoms with Crippen molar-refractivity contribution < 1.29 is 18.8 Å². The third-order valence-electron chi connectivity index (χ3n) is 5.72. The smallest absolute Gasteiger partial charge is 0.344 e. The van der Waals surface area contributed by atoms with Crippen molar-refractivity contribution in [3.05, 3.63) is 74.9 Å². The van der Waals surface area contributed by atoms with E-state index in [9.17, 15) is 14.7 Å². The molecule has 0 radical (unpaired) electrons. The van der Waals surface area contributed by atoms with Crippen molar-refractivity contribution in [2.45, 2.75) is 34.2 Å². The van der Waals surface area contributed by atoms with Crippen LogP contribution in [0.4, 0.5) is 0 Å². The maximum absolute atomic E-state index is 12.9. The Bertz CT molecular complexity index is 1400. The predicted molar refractivity (Wildman–Crippen MR) is 127 cm³/mol. The first-order chi connectivity index (χ1) is 15.7. The fourth-order valence-electron chi connectivity index (χ4n) is 4.54. The molecule has 0 fully saturated rings. The highest BCUT2D eigenvalue weighted by Gasteiger charge is 2.20. The first-order valence-electron chi connectivity index (χ1n) is 11.4. The van der Waals surface area contributed by atoms with Gasteiger partial charge in [0.15, 0.2) is 0 Å². The molecule has 0 aliphatic rings. The van der Waals surface area contributed by atoms with Gasteiger partial charge in [0.05, 0.1) is 18.7 Å². The summed E-state index contributed by atoms with van der Waals surface area (Å²) in [6, 6.07) is 13.3. The lowest BCUT2D eigenvalue weighted by molar-refractivity contribution is -0.919. The minimum Gasteiger partial charge on any atom is -0.872 e. The third-order valence-corrected chi connectivity index (χ3v) is 5.72. The van der Waals surface area contributed by atoms with Crippen molar-refractivity contribution >= 4 is 21.9 Å². The summed E-state index contributed by atoms with van der Waals surface area (Å²) in [5.74, 6) is 0.737. The predicted octanol–water partition coefficient (Wildman–Crippen LogP) is 3.34. The van der Waals surface area contributed by atoms with Crippen LogP contribution in [0.15, 0.2) is 67.0 Å². The molecule has 172 valence electrons. The number of fused-ring (bicyclic) bond motifs is 2. The average Bonchev–Trinajstić information content (AvgIpc) is 2.74. The zero-order valence-electron chi connectivity index (χ0n) is 19.4. The summed E-state index contributed by atoms with van der Waals surface area (Å²) in [6.07, 6.45) is 0. The lowest BCUT2D eigenvalue weighted by Gasteiger charge is -2.26. The lowest BCUT2D eigenvalue weighted by Crippen LogP contribution is -3.11. The summed E-state index contributed by atoms with van der Waals surface area (Å²) in [6.45, 7) is 10.8. The van der Waals surface area contributed by atoms with Crippen LogP contribution in [0.5, 0.6) is 5.75 Å².